The third-order valence-corrected chi connectivity index (χ3v) is 20.6. The first-order valence-electron chi connectivity index (χ1n) is 16.9. The van der Waals surface area contributed by atoms with Crippen LogP contribution in [0, 0.1) is 0 Å². The minimum Gasteiger partial charge on any atom is -0.414 e. The van der Waals surface area contributed by atoms with Crippen LogP contribution in [0.3, 0.4) is 0 Å². The third-order valence-electron chi connectivity index (χ3n) is 10.4. The van der Waals surface area contributed by atoms with Crippen LogP contribution in [-0.2, 0) is 22.5 Å². The molecule has 1 unspecified atom stereocenters. The maximum absolute atomic E-state index is 13.0. The van der Waals surface area contributed by atoms with E-state index in [4.69, 9.17) is 22.5 Å². The average molecular weight is 683 g/mol. The number of anilines is 1. The zero-order valence-corrected chi connectivity index (χ0v) is 31.3. The molecule has 3 aliphatic heterocycles. The van der Waals surface area contributed by atoms with Gasteiger partial charge in [0, 0.05) is 12.6 Å². The highest BCUT2D eigenvalue weighted by Gasteiger charge is 2.71. The normalized spacial score (nSPS) is 29.0. The quantitative estimate of drug-likeness (QED) is 0.270. The van der Waals surface area contributed by atoms with Gasteiger partial charge < -0.3 is 23.0 Å². The summed E-state index contributed by atoms with van der Waals surface area (Å²) in [6.45, 7) is 20.3. The van der Waals surface area contributed by atoms with Crippen molar-refractivity contribution >= 4 is 40.0 Å². The van der Waals surface area contributed by atoms with Crippen LogP contribution in [0.25, 0.3) is 11.2 Å². The van der Waals surface area contributed by atoms with Crippen LogP contribution >= 0.6 is 0 Å². The molecule has 1 amide bonds. The van der Waals surface area contributed by atoms with Crippen molar-refractivity contribution in [3.63, 3.8) is 0 Å². The van der Waals surface area contributed by atoms with E-state index < -0.39 is 41.2 Å². The Hall–Kier alpha value is -2.57. The van der Waals surface area contributed by atoms with E-state index >= 15 is 0 Å². The summed E-state index contributed by atoms with van der Waals surface area (Å²) in [5.74, 6) is 0.0411. The molecule has 0 spiro atoms. The van der Waals surface area contributed by atoms with E-state index in [9.17, 15) is 4.79 Å². The Morgan fingerprint density at radius 3 is 2.26 bits per heavy atom. The minimum atomic E-state index is -2.97. The van der Waals surface area contributed by atoms with Crippen LogP contribution < -0.4 is 5.32 Å². The van der Waals surface area contributed by atoms with Gasteiger partial charge >= 0.3 is 17.1 Å². The van der Waals surface area contributed by atoms with Gasteiger partial charge in [0.25, 0.3) is 5.91 Å². The zero-order chi connectivity index (χ0) is 33.9. The van der Waals surface area contributed by atoms with E-state index in [2.05, 4.69) is 82.6 Å². The number of ether oxygens (including phenoxy) is 1. The van der Waals surface area contributed by atoms with E-state index in [-0.39, 0.29) is 34.1 Å². The molecule has 3 fully saturated rings. The first kappa shape index (κ1) is 34.3. The Bertz CT molecular complexity index is 1570. The summed E-state index contributed by atoms with van der Waals surface area (Å²) in [6.07, 6.45) is 2.23. The predicted molar refractivity (Wildman–Crippen MR) is 183 cm³/mol. The van der Waals surface area contributed by atoms with Gasteiger partial charge in [-0.15, -0.1) is 0 Å². The van der Waals surface area contributed by atoms with Gasteiger partial charge in [0.15, 0.2) is 29.3 Å². The fraction of sp³-hybridized carbons (Fsp3) is 0.636. The summed E-state index contributed by atoms with van der Waals surface area (Å²) >= 11 is 0. The molecule has 5 heterocycles. The van der Waals surface area contributed by atoms with Gasteiger partial charge in [0.2, 0.25) is 0 Å². The molecule has 1 N–H and O–H groups in total. The predicted octanol–water partition coefficient (Wildman–Crippen LogP) is 6.33. The molecule has 6 rings (SSSR count). The van der Waals surface area contributed by atoms with Gasteiger partial charge in [-0.2, -0.15) is 5.06 Å². The fourth-order valence-corrected chi connectivity index (χ4v) is 19.2. The first-order valence-corrected chi connectivity index (χ1v) is 20.9. The van der Waals surface area contributed by atoms with Crippen molar-refractivity contribution in [2.24, 2.45) is 0 Å². The van der Waals surface area contributed by atoms with Crippen LogP contribution in [0.5, 0.6) is 0 Å². The van der Waals surface area contributed by atoms with E-state index in [1.54, 1.807) is 18.5 Å². The highest BCUT2D eigenvalue weighted by atomic mass is 28.5. The molecule has 256 valence electrons. The molecular weight excluding hydrogens is 633 g/mol. The second-order valence-electron chi connectivity index (χ2n) is 14.4. The van der Waals surface area contributed by atoms with Crippen molar-refractivity contribution in [2.75, 3.05) is 19.0 Å². The van der Waals surface area contributed by atoms with Gasteiger partial charge in [-0.25, -0.2) is 15.0 Å². The van der Waals surface area contributed by atoms with Gasteiger partial charge in [0.1, 0.15) is 18.0 Å². The van der Waals surface area contributed by atoms with Crippen LogP contribution in [-0.4, -0.2) is 85.1 Å². The summed E-state index contributed by atoms with van der Waals surface area (Å²) in [6, 6.07) is 8.87. The minimum absolute atomic E-state index is 0.144. The van der Waals surface area contributed by atoms with Gasteiger partial charge in [0.05, 0.1) is 19.0 Å². The molecule has 3 aliphatic rings. The third kappa shape index (κ3) is 5.41. The lowest BCUT2D eigenvalue weighted by atomic mass is 9.85. The number of imidazole rings is 1. The van der Waals surface area contributed by atoms with Crippen LogP contribution in [0.2, 0.25) is 22.2 Å². The molecule has 47 heavy (non-hydrogen) atoms. The number of hydrogen-bond acceptors (Lipinski definition) is 10. The molecule has 2 bridgehead atoms. The van der Waals surface area contributed by atoms with Crippen LogP contribution in [0.15, 0.2) is 43.0 Å². The van der Waals surface area contributed by atoms with Gasteiger partial charge in [-0.05, 0) is 40.7 Å². The Balaban J connectivity index is 1.46. The monoisotopic (exact) mass is 682 g/mol. The van der Waals surface area contributed by atoms with E-state index in [0.29, 0.717) is 29.2 Å². The smallest absolute Gasteiger partial charge is 0.335 e. The van der Waals surface area contributed by atoms with E-state index in [1.165, 1.54) is 6.33 Å². The number of rotatable bonds is 8. The number of amides is 1. The molecule has 3 saturated heterocycles. The summed E-state index contributed by atoms with van der Waals surface area (Å²) in [4.78, 5) is 33.4. The number of hydrogen-bond donors (Lipinski definition) is 1. The molecule has 14 heteroatoms. The number of nitrogens with one attached hydrogen (secondary N) is 1. The molecule has 5 atom stereocenters. The SMILES string of the molecule is CC[C@H]1N(C)OC2[C@H](n3cnc4c(NC(=O)c5ccccc5)ncnc43)O[C@@]13CO[Si](C(C)C)(C(C)C)O[Si](C(C)C)(C(C)C)O[C@H]23. The largest absolute Gasteiger partial charge is 0.414 e. The molecule has 0 radical (unpaired) electrons. The molecule has 12 nitrogen and oxygen atoms in total. The lowest BCUT2D eigenvalue weighted by Crippen LogP contribution is -2.73. The van der Waals surface area contributed by atoms with Crippen molar-refractivity contribution in [2.45, 2.75) is 121 Å². The molecular formula is C33H50N6O6Si2. The van der Waals surface area contributed by atoms with Crippen molar-refractivity contribution in [3.8, 4) is 0 Å². The van der Waals surface area contributed by atoms with E-state index in [0.717, 1.165) is 6.42 Å². The summed E-state index contributed by atoms with van der Waals surface area (Å²) < 4.78 is 31.5. The molecule has 1 aromatic carbocycles. The zero-order valence-electron chi connectivity index (χ0n) is 29.3. The van der Waals surface area contributed by atoms with Crippen molar-refractivity contribution in [1.29, 1.82) is 0 Å². The lowest BCUT2D eigenvalue weighted by molar-refractivity contribution is -0.287. The summed E-state index contributed by atoms with van der Waals surface area (Å²) in [7, 11) is -3.83. The Labute approximate surface area is 280 Å². The molecule has 3 aromatic rings. The van der Waals surface area contributed by atoms with E-state index in [1.807, 2.05) is 34.9 Å². The standard InChI is InChI=1S/C33H50N6O6Si2/c1-11-25-33-17-41-46(20(2)3,21(4)5)45-47(22(6)7,23(8)9)44-28(33)27(43-38(25)10)32(42-33)39-19-36-26-29(34-18-35-30(26)39)37-31(40)24-15-13-12-14-16-24/h12-16,18-23,25,27-28,32H,11,17H2,1-10H3,(H,34,35,37,40)/t25-,27?,28-,32-,33+/m1/s1. The number of aromatic nitrogens is 4. The number of hydroxylamine groups is 2. The molecule has 0 aliphatic carbocycles. The van der Waals surface area contributed by atoms with Crippen LogP contribution in [0.4, 0.5) is 5.82 Å². The second kappa shape index (κ2) is 12.7. The average Bonchev–Trinajstić information content (AvgIpc) is 3.54. The second-order valence-corrected chi connectivity index (χ2v) is 23.2. The van der Waals surface area contributed by atoms with Gasteiger partial charge in [-0.3, -0.25) is 14.2 Å². The number of benzene rings is 1. The maximum atomic E-state index is 13.0. The molecule has 0 saturated carbocycles. The van der Waals surface area contributed by atoms with Crippen molar-refractivity contribution < 1.29 is 27.3 Å². The first-order chi connectivity index (χ1) is 22.3. The number of carbonyl (C=O) groups is 1. The highest BCUT2D eigenvalue weighted by molar-refractivity contribution is 6.84. The number of carbonyl (C=O) groups excluding carboxylic acids is 1. The lowest BCUT2D eigenvalue weighted by Gasteiger charge is -2.57. The summed E-state index contributed by atoms with van der Waals surface area (Å²) in [5.41, 5.74) is 1.36. The Kier molecular flexibility index (Phi) is 9.28. The maximum Gasteiger partial charge on any atom is 0.335 e. The number of fused-ring (bicyclic) bond motifs is 1. The Morgan fingerprint density at radius 2 is 1.64 bits per heavy atom. The number of likely N-dealkylation sites (N-methyl/N-ethyl adjacent to an activating group) is 1. The summed E-state index contributed by atoms with van der Waals surface area (Å²) in [5, 5.41) is 4.84. The fourth-order valence-electron chi connectivity index (χ4n) is 7.97. The van der Waals surface area contributed by atoms with Crippen LogP contribution in [0.1, 0.15) is 85.3 Å². The molecule has 2 aromatic heterocycles. The van der Waals surface area contributed by atoms with Gasteiger partial charge in [-0.1, -0.05) is 80.5 Å². The Morgan fingerprint density at radius 1 is 0.979 bits per heavy atom. The topological polar surface area (TPSA) is 122 Å². The van der Waals surface area contributed by atoms with Crippen molar-refractivity contribution in [1.82, 2.24) is 24.6 Å². The highest BCUT2D eigenvalue weighted by Crippen LogP contribution is 2.55. The van der Waals surface area contributed by atoms with Crippen molar-refractivity contribution in [3.05, 3.63) is 48.5 Å². The number of nitrogens with zero attached hydrogens (tertiary/aromatic N) is 5.